The van der Waals surface area contributed by atoms with Crippen LogP contribution in [-0.2, 0) is 32.1 Å². The highest BCUT2D eigenvalue weighted by Crippen LogP contribution is 2.26. The minimum absolute atomic E-state index is 0.0913. The molecule has 0 spiro atoms. The van der Waals surface area contributed by atoms with Gasteiger partial charge in [0.15, 0.2) is 0 Å². The van der Waals surface area contributed by atoms with E-state index in [1.807, 2.05) is 68.4 Å². The average Bonchev–Trinajstić information content (AvgIpc) is 3.31. The second kappa shape index (κ2) is 14.2. The van der Waals surface area contributed by atoms with Crippen LogP contribution < -0.4 is 4.74 Å². The van der Waals surface area contributed by atoms with Crippen LogP contribution in [0.25, 0.3) is 0 Å². The summed E-state index contributed by atoms with van der Waals surface area (Å²) in [7, 11) is 1.63. The Morgan fingerprint density at radius 1 is 1.03 bits per heavy atom. The maximum absolute atomic E-state index is 13.2. The maximum atomic E-state index is 13.2. The Morgan fingerprint density at radius 2 is 1.69 bits per heavy atom. The second-order valence-electron chi connectivity index (χ2n) is 10.7. The first-order valence-corrected chi connectivity index (χ1v) is 13.6. The van der Waals surface area contributed by atoms with Gasteiger partial charge in [0.05, 0.1) is 31.8 Å². The Kier molecular flexibility index (Phi) is 11.1. The molecule has 212 valence electrons. The molecule has 39 heavy (non-hydrogen) atoms. The first-order valence-electron chi connectivity index (χ1n) is 13.6. The molecule has 3 rings (SSSR count). The van der Waals surface area contributed by atoms with Gasteiger partial charge in [0.25, 0.3) is 0 Å². The van der Waals surface area contributed by atoms with Crippen LogP contribution in [0.4, 0.5) is 4.79 Å². The van der Waals surface area contributed by atoms with Crippen LogP contribution in [0.5, 0.6) is 5.75 Å². The Hall–Kier alpha value is -3.23. The topological polar surface area (TPSA) is 102 Å². The van der Waals surface area contributed by atoms with Crippen LogP contribution in [0.3, 0.4) is 0 Å². The Morgan fingerprint density at radius 3 is 2.33 bits per heavy atom. The lowest BCUT2D eigenvalue weighted by atomic mass is 9.82. The van der Waals surface area contributed by atoms with E-state index in [-0.39, 0.29) is 24.2 Å². The van der Waals surface area contributed by atoms with Gasteiger partial charge in [-0.05, 0) is 54.9 Å². The van der Waals surface area contributed by atoms with Gasteiger partial charge in [-0.2, -0.15) is 0 Å². The molecule has 0 bridgehead atoms. The monoisotopic (exact) mass is 539 g/mol. The first kappa shape index (κ1) is 30.3. The van der Waals surface area contributed by atoms with E-state index in [1.165, 1.54) is 6.92 Å². The number of cyclic esters (lactones) is 1. The van der Waals surface area contributed by atoms with Crippen molar-refractivity contribution in [2.75, 3.05) is 20.3 Å². The van der Waals surface area contributed by atoms with Gasteiger partial charge >= 0.3 is 6.09 Å². The van der Waals surface area contributed by atoms with E-state index in [1.54, 1.807) is 14.0 Å². The van der Waals surface area contributed by atoms with Gasteiger partial charge in [0.1, 0.15) is 18.1 Å². The van der Waals surface area contributed by atoms with Gasteiger partial charge in [-0.15, -0.1) is 0 Å². The van der Waals surface area contributed by atoms with Crippen molar-refractivity contribution >= 4 is 17.8 Å². The molecule has 1 saturated heterocycles. The van der Waals surface area contributed by atoms with Gasteiger partial charge in [0, 0.05) is 12.5 Å². The molecule has 1 fully saturated rings. The standard InChI is InChI=1S/C31H41NO7/c1-20(17-38-18-25-11-13-27(37-5)14-12-25)15-21(2)28(33)22(3)29(34)23(4)30(35)32-26(19-39-31(32)36)16-24-9-7-6-8-10-24/h6-14,20-23,26,28,33H,15-19H2,1-5H3/t20-,21+,22-,23-,26-,28+/m1/s1. The van der Waals surface area contributed by atoms with Crippen LogP contribution in [0, 0.1) is 23.7 Å². The van der Waals surface area contributed by atoms with Crippen molar-refractivity contribution in [1.82, 2.24) is 4.90 Å². The minimum atomic E-state index is -1.07. The van der Waals surface area contributed by atoms with Gasteiger partial charge in [-0.3, -0.25) is 9.59 Å². The number of hydrogen-bond donors (Lipinski definition) is 1. The van der Waals surface area contributed by atoms with E-state index in [4.69, 9.17) is 14.2 Å². The number of amides is 2. The summed E-state index contributed by atoms with van der Waals surface area (Å²) in [4.78, 5) is 39.9. The quantitative estimate of drug-likeness (QED) is 0.348. The third kappa shape index (κ3) is 8.13. The summed E-state index contributed by atoms with van der Waals surface area (Å²) in [6.45, 7) is 8.16. The van der Waals surface area contributed by atoms with Crippen molar-refractivity contribution in [3.05, 3.63) is 65.7 Å². The highest BCUT2D eigenvalue weighted by atomic mass is 16.6. The number of aliphatic hydroxyl groups is 1. The molecule has 6 atom stereocenters. The molecule has 8 nitrogen and oxygen atoms in total. The normalized spacial score (nSPS) is 19.1. The van der Waals surface area contributed by atoms with E-state index in [0.717, 1.165) is 21.8 Å². The number of ketones is 1. The predicted octanol–water partition coefficient (Wildman–Crippen LogP) is 4.67. The van der Waals surface area contributed by atoms with Gasteiger partial charge < -0.3 is 19.3 Å². The first-order chi connectivity index (χ1) is 18.6. The van der Waals surface area contributed by atoms with Crippen LogP contribution in [0.15, 0.2) is 54.6 Å². The summed E-state index contributed by atoms with van der Waals surface area (Å²) in [5.74, 6) is -2.05. The minimum Gasteiger partial charge on any atom is -0.497 e. The van der Waals surface area contributed by atoms with Crippen molar-refractivity contribution in [2.45, 2.75) is 59.3 Å². The smallest absolute Gasteiger partial charge is 0.417 e. The molecule has 0 aromatic heterocycles. The molecule has 1 aliphatic heterocycles. The Labute approximate surface area is 231 Å². The number of hydrogen-bond acceptors (Lipinski definition) is 7. The molecule has 1 aliphatic rings. The Balaban J connectivity index is 1.50. The van der Waals surface area contributed by atoms with Gasteiger partial charge in [0.2, 0.25) is 5.91 Å². The SMILES string of the molecule is COc1ccc(COC[C@H](C)C[C@H](C)[C@H](O)[C@@H](C)C(=O)[C@@H](C)C(=O)N2C(=O)OC[C@H]2Cc2ccccc2)cc1. The molecule has 2 aromatic rings. The number of benzene rings is 2. The highest BCUT2D eigenvalue weighted by Gasteiger charge is 2.43. The largest absolute Gasteiger partial charge is 0.497 e. The van der Waals surface area contributed by atoms with Crippen molar-refractivity contribution in [2.24, 2.45) is 23.7 Å². The molecule has 1 N–H and O–H groups in total. The molecule has 0 radical (unpaired) electrons. The number of aliphatic hydroxyl groups excluding tert-OH is 1. The number of ether oxygens (including phenoxy) is 3. The average molecular weight is 540 g/mol. The Bertz CT molecular complexity index is 1090. The van der Waals surface area contributed by atoms with Crippen molar-refractivity contribution < 1.29 is 33.7 Å². The number of Topliss-reactive ketones (excluding diaryl/α,β-unsaturated/α-hetero) is 1. The lowest BCUT2D eigenvalue weighted by molar-refractivity contribution is -0.142. The molecule has 2 aromatic carbocycles. The van der Waals surface area contributed by atoms with Crippen molar-refractivity contribution in [3.63, 3.8) is 0 Å². The predicted molar refractivity (Wildman–Crippen MR) is 147 cm³/mol. The summed E-state index contributed by atoms with van der Waals surface area (Å²) in [5, 5.41) is 11.0. The molecule has 1 heterocycles. The molecule has 0 aliphatic carbocycles. The number of carbonyl (C=O) groups excluding carboxylic acids is 3. The summed E-state index contributed by atoms with van der Waals surface area (Å²) in [6, 6.07) is 16.7. The fourth-order valence-electron chi connectivity index (χ4n) is 5.09. The summed E-state index contributed by atoms with van der Waals surface area (Å²) in [5.41, 5.74) is 2.01. The molecular formula is C31H41NO7. The number of methoxy groups -OCH3 is 1. The second-order valence-corrected chi connectivity index (χ2v) is 10.7. The zero-order valence-electron chi connectivity index (χ0n) is 23.5. The maximum Gasteiger partial charge on any atom is 0.417 e. The highest BCUT2D eigenvalue weighted by molar-refractivity contribution is 6.07. The van der Waals surface area contributed by atoms with Gasteiger partial charge in [-0.25, -0.2) is 9.69 Å². The zero-order valence-corrected chi connectivity index (χ0v) is 23.5. The third-order valence-corrected chi connectivity index (χ3v) is 7.46. The zero-order chi connectivity index (χ0) is 28.5. The van der Waals surface area contributed by atoms with E-state index < -0.39 is 36.0 Å². The molecule has 0 unspecified atom stereocenters. The summed E-state index contributed by atoms with van der Waals surface area (Å²) >= 11 is 0. The van der Waals surface area contributed by atoms with E-state index >= 15 is 0 Å². The molecule has 0 saturated carbocycles. The van der Waals surface area contributed by atoms with Crippen LogP contribution >= 0.6 is 0 Å². The van der Waals surface area contributed by atoms with Crippen LogP contribution in [0.1, 0.15) is 45.2 Å². The lowest BCUT2D eigenvalue weighted by Crippen LogP contribution is -2.47. The number of imide groups is 1. The summed E-state index contributed by atoms with van der Waals surface area (Å²) in [6.07, 6.45) is -0.554. The summed E-state index contributed by atoms with van der Waals surface area (Å²) < 4.78 is 16.2. The van der Waals surface area contributed by atoms with E-state index in [0.29, 0.717) is 26.1 Å². The number of carbonyl (C=O) groups is 3. The number of nitrogens with zero attached hydrogens (tertiary/aromatic N) is 1. The fraction of sp³-hybridized carbons (Fsp3) is 0.516. The van der Waals surface area contributed by atoms with Crippen LogP contribution in [0.2, 0.25) is 0 Å². The number of rotatable bonds is 14. The van der Waals surface area contributed by atoms with Gasteiger partial charge in [-0.1, -0.05) is 63.2 Å². The van der Waals surface area contributed by atoms with E-state index in [2.05, 4.69) is 0 Å². The lowest BCUT2D eigenvalue weighted by Gasteiger charge is -2.29. The van der Waals surface area contributed by atoms with Crippen molar-refractivity contribution in [3.8, 4) is 5.75 Å². The van der Waals surface area contributed by atoms with E-state index in [9.17, 15) is 19.5 Å². The molecule has 8 heteroatoms. The molecular weight excluding hydrogens is 498 g/mol. The third-order valence-electron chi connectivity index (χ3n) is 7.46. The fourth-order valence-corrected chi connectivity index (χ4v) is 5.09. The molecule has 2 amide bonds. The van der Waals surface area contributed by atoms with Crippen molar-refractivity contribution in [1.29, 1.82) is 0 Å². The van der Waals surface area contributed by atoms with Crippen LogP contribution in [-0.4, -0.2) is 60.3 Å².